The quantitative estimate of drug-likeness (QED) is 0.744. The number of amides is 2. The van der Waals surface area contributed by atoms with Gasteiger partial charge in [-0.15, -0.1) is 0 Å². The lowest BCUT2D eigenvalue weighted by Gasteiger charge is -2.38. The van der Waals surface area contributed by atoms with E-state index < -0.39 is 5.79 Å². The molecule has 1 spiro atoms. The average molecular weight is 431 g/mol. The number of hydrogen-bond donors (Lipinski definition) is 0. The summed E-state index contributed by atoms with van der Waals surface area (Å²) >= 11 is 5.95. The maximum Gasteiger partial charge on any atom is 0.272 e. The molecule has 0 unspecified atom stereocenters. The largest absolute Gasteiger partial charge is 0.347 e. The number of benzene rings is 1. The predicted molar refractivity (Wildman–Crippen MR) is 109 cm³/mol. The van der Waals surface area contributed by atoms with Crippen molar-refractivity contribution in [3.8, 4) is 11.3 Å². The van der Waals surface area contributed by atoms with Crippen LogP contribution in [0.4, 0.5) is 0 Å². The number of carbonyl (C=O) groups is 2. The highest BCUT2D eigenvalue weighted by Gasteiger charge is 2.41. The van der Waals surface area contributed by atoms with Gasteiger partial charge in [-0.1, -0.05) is 23.7 Å². The third-order valence-corrected chi connectivity index (χ3v) is 6.28. The van der Waals surface area contributed by atoms with Crippen molar-refractivity contribution in [2.45, 2.75) is 25.2 Å². The number of likely N-dealkylation sites (tertiary alicyclic amines) is 1. The van der Waals surface area contributed by atoms with Crippen LogP contribution in [-0.4, -0.2) is 76.6 Å². The zero-order valence-electron chi connectivity index (χ0n) is 16.6. The lowest BCUT2D eigenvalue weighted by Crippen LogP contribution is -2.51. The first kappa shape index (κ1) is 19.5. The van der Waals surface area contributed by atoms with Crippen molar-refractivity contribution >= 4 is 23.4 Å². The second kappa shape index (κ2) is 7.68. The summed E-state index contributed by atoms with van der Waals surface area (Å²) in [6, 6.07) is 9.13. The number of fused-ring (bicyclic) bond motifs is 1. The number of carbonyl (C=O) groups excluding carboxylic acids is 2. The molecule has 3 aliphatic rings. The number of ether oxygens (including phenoxy) is 2. The number of nitrogens with zero attached hydrogens (tertiary/aromatic N) is 4. The van der Waals surface area contributed by atoms with E-state index in [2.05, 4.69) is 5.10 Å². The van der Waals surface area contributed by atoms with Gasteiger partial charge in [-0.2, -0.15) is 5.10 Å². The molecule has 2 aromatic rings. The minimum Gasteiger partial charge on any atom is -0.347 e. The molecule has 0 N–H and O–H groups in total. The summed E-state index contributed by atoms with van der Waals surface area (Å²) in [5.74, 6) is -0.720. The highest BCUT2D eigenvalue weighted by molar-refractivity contribution is 6.30. The molecule has 0 saturated carbocycles. The van der Waals surface area contributed by atoms with Crippen molar-refractivity contribution in [3.63, 3.8) is 0 Å². The van der Waals surface area contributed by atoms with Crippen molar-refractivity contribution in [2.75, 3.05) is 39.4 Å². The Morgan fingerprint density at radius 1 is 1.07 bits per heavy atom. The summed E-state index contributed by atoms with van der Waals surface area (Å²) in [6.45, 7) is 3.49. The fourth-order valence-electron chi connectivity index (χ4n) is 4.30. The Bertz CT molecular complexity index is 958. The van der Waals surface area contributed by atoms with Gasteiger partial charge in [0, 0.05) is 43.1 Å². The Hall–Kier alpha value is -2.42. The molecule has 1 aromatic carbocycles. The molecule has 0 radical (unpaired) electrons. The molecule has 8 nitrogen and oxygen atoms in total. The van der Waals surface area contributed by atoms with Crippen molar-refractivity contribution in [1.29, 1.82) is 0 Å². The fraction of sp³-hybridized carbons (Fsp3) is 0.476. The van der Waals surface area contributed by atoms with Crippen molar-refractivity contribution in [3.05, 3.63) is 41.0 Å². The van der Waals surface area contributed by atoms with Crippen LogP contribution in [0.2, 0.25) is 5.02 Å². The van der Waals surface area contributed by atoms with E-state index in [0.29, 0.717) is 63.0 Å². The summed E-state index contributed by atoms with van der Waals surface area (Å²) in [5.41, 5.74) is 2.13. The van der Waals surface area contributed by atoms with Gasteiger partial charge in [0.2, 0.25) is 5.91 Å². The predicted octanol–water partition coefficient (Wildman–Crippen LogP) is 2.02. The average Bonchev–Trinajstić information content (AvgIpc) is 3.39. The van der Waals surface area contributed by atoms with Crippen molar-refractivity contribution in [2.24, 2.45) is 0 Å². The first-order chi connectivity index (χ1) is 14.5. The van der Waals surface area contributed by atoms with Gasteiger partial charge < -0.3 is 19.3 Å². The Morgan fingerprint density at radius 3 is 2.47 bits per heavy atom. The van der Waals surface area contributed by atoms with Crippen molar-refractivity contribution in [1.82, 2.24) is 19.6 Å². The third kappa shape index (κ3) is 3.59. The van der Waals surface area contributed by atoms with Gasteiger partial charge in [0.15, 0.2) is 5.79 Å². The molecule has 2 amide bonds. The molecular weight excluding hydrogens is 408 g/mol. The summed E-state index contributed by atoms with van der Waals surface area (Å²) in [7, 11) is 0. The van der Waals surface area contributed by atoms with Crippen LogP contribution in [0.5, 0.6) is 0 Å². The smallest absolute Gasteiger partial charge is 0.272 e. The Balaban J connectivity index is 1.24. The van der Waals surface area contributed by atoms with Gasteiger partial charge in [-0.05, 0) is 18.2 Å². The van der Waals surface area contributed by atoms with E-state index in [1.165, 1.54) is 0 Å². The second-order valence-corrected chi connectivity index (χ2v) is 8.30. The molecular formula is C21H23ClN4O4. The summed E-state index contributed by atoms with van der Waals surface area (Å²) in [5, 5.41) is 5.20. The number of hydrogen-bond acceptors (Lipinski definition) is 5. The van der Waals surface area contributed by atoms with Crippen molar-refractivity contribution < 1.29 is 19.1 Å². The molecule has 0 aliphatic carbocycles. The standard InChI is InChI=1S/C21H23ClN4O4/c22-16-3-1-15(2-4-16)17-13-18-20(28)25(9-10-26(18)23-17)14-19(27)24-7-5-21(6-8-24)29-11-12-30-21/h1-4,13H,5-12,14H2. The number of aromatic nitrogens is 2. The lowest BCUT2D eigenvalue weighted by molar-refractivity contribution is -0.187. The van der Waals surface area contributed by atoms with E-state index in [0.717, 1.165) is 11.3 Å². The van der Waals surface area contributed by atoms with Gasteiger partial charge >= 0.3 is 0 Å². The summed E-state index contributed by atoms with van der Waals surface area (Å²) in [4.78, 5) is 29.2. The maximum atomic E-state index is 13.0. The molecule has 158 valence electrons. The molecule has 3 aliphatic heterocycles. The van der Waals surface area contributed by atoms with Crippen LogP contribution in [0, 0.1) is 0 Å². The topological polar surface area (TPSA) is 76.9 Å². The lowest BCUT2D eigenvalue weighted by atomic mass is 10.0. The molecule has 5 rings (SSSR count). The van der Waals surface area contributed by atoms with E-state index in [1.54, 1.807) is 32.7 Å². The molecule has 4 heterocycles. The van der Waals surface area contributed by atoms with Gasteiger partial charge in [-0.3, -0.25) is 14.3 Å². The maximum absolute atomic E-state index is 13.0. The fourth-order valence-corrected chi connectivity index (χ4v) is 4.42. The van der Waals surface area contributed by atoms with Crippen LogP contribution in [0.3, 0.4) is 0 Å². The number of rotatable bonds is 3. The summed E-state index contributed by atoms with van der Waals surface area (Å²) in [6.07, 6.45) is 1.34. The van der Waals surface area contributed by atoms with Crippen LogP contribution in [0.1, 0.15) is 23.3 Å². The molecule has 0 bridgehead atoms. The Kier molecular flexibility index (Phi) is 5.00. The Morgan fingerprint density at radius 2 is 1.77 bits per heavy atom. The minimum absolute atomic E-state index is 0.0397. The first-order valence-electron chi connectivity index (χ1n) is 10.2. The van der Waals surface area contributed by atoms with Crippen LogP contribution in [-0.2, 0) is 20.8 Å². The zero-order valence-corrected chi connectivity index (χ0v) is 17.3. The SMILES string of the molecule is O=C(CN1CCn2nc(-c3ccc(Cl)cc3)cc2C1=O)N1CCC2(CC1)OCCO2. The molecule has 9 heteroatoms. The van der Waals surface area contributed by atoms with E-state index >= 15 is 0 Å². The van der Waals surface area contributed by atoms with Gasteiger partial charge in [0.05, 0.1) is 25.5 Å². The van der Waals surface area contributed by atoms with Gasteiger partial charge in [0.25, 0.3) is 5.91 Å². The van der Waals surface area contributed by atoms with Gasteiger partial charge in [-0.25, -0.2) is 0 Å². The number of piperidine rings is 1. The molecule has 30 heavy (non-hydrogen) atoms. The molecule has 2 fully saturated rings. The van der Waals surface area contributed by atoms with Crippen LogP contribution < -0.4 is 0 Å². The Labute approximate surface area is 179 Å². The zero-order chi connectivity index (χ0) is 20.7. The molecule has 2 saturated heterocycles. The van der Waals surface area contributed by atoms with Crippen LogP contribution in [0.25, 0.3) is 11.3 Å². The van der Waals surface area contributed by atoms with E-state index in [9.17, 15) is 9.59 Å². The molecule has 0 atom stereocenters. The highest BCUT2D eigenvalue weighted by atomic mass is 35.5. The second-order valence-electron chi connectivity index (χ2n) is 7.86. The van der Waals surface area contributed by atoms with Crippen LogP contribution >= 0.6 is 11.6 Å². The third-order valence-electron chi connectivity index (χ3n) is 6.03. The first-order valence-corrected chi connectivity index (χ1v) is 10.6. The molecule has 1 aromatic heterocycles. The minimum atomic E-state index is -0.512. The monoisotopic (exact) mass is 430 g/mol. The summed E-state index contributed by atoms with van der Waals surface area (Å²) < 4.78 is 13.2. The van der Waals surface area contributed by atoms with E-state index in [4.69, 9.17) is 21.1 Å². The highest BCUT2D eigenvalue weighted by Crippen LogP contribution is 2.31. The van der Waals surface area contributed by atoms with E-state index in [1.807, 2.05) is 12.1 Å². The van der Waals surface area contributed by atoms with Crippen LogP contribution in [0.15, 0.2) is 30.3 Å². The van der Waals surface area contributed by atoms with E-state index in [-0.39, 0.29) is 18.4 Å². The normalized spacial score (nSPS) is 20.6. The number of halogens is 1. The van der Waals surface area contributed by atoms with Gasteiger partial charge in [0.1, 0.15) is 12.2 Å².